The second-order valence-electron chi connectivity index (χ2n) is 6.45. The summed E-state index contributed by atoms with van der Waals surface area (Å²) in [7, 11) is 0. The fraction of sp³-hybridized carbons (Fsp3) is 0.364. The first kappa shape index (κ1) is 21.6. The quantitative estimate of drug-likeness (QED) is 0.240. The molecule has 0 aromatic heterocycles. The first-order valence-corrected chi connectivity index (χ1v) is 9.60. The molecule has 2 rings (SSSR count). The molecular weight excluding hydrogens is 354 g/mol. The average Bonchev–Trinajstić information content (AvgIpc) is 2.74. The van der Waals surface area contributed by atoms with Gasteiger partial charge in [-0.1, -0.05) is 72.2 Å². The van der Waals surface area contributed by atoms with E-state index in [0.717, 1.165) is 30.5 Å². The molecule has 0 saturated carbocycles. The van der Waals surface area contributed by atoms with Crippen LogP contribution in [0.15, 0.2) is 65.8 Å². The normalized spacial score (nSPS) is 12.0. The summed E-state index contributed by atoms with van der Waals surface area (Å²) < 4.78 is 5.24. The van der Waals surface area contributed by atoms with Crippen molar-refractivity contribution in [2.75, 3.05) is 13.1 Å². The number of unbranched alkanes of at least 4 members (excludes halogenated alkanes) is 1. The zero-order valence-electron chi connectivity index (χ0n) is 16.1. The van der Waals surface area contributed by atoms with E-state index < -0.39 is 6.04 Å². The molecule has 0 aliphatic carbocycles. The Kier molecular flexibility index (Phi) is 10.4. The van der Waals surface area contributed by atoms with Crippen molar-refractivity contribution >= 4 is 12.2 Å². The number of nitrogens with one attached hydrogen (secondary N) is 1. The number of oxime groups is 1. The fourth-order valence-corrected chi connectivity index (χ4v) is 2.51. The SMILES string of the molecule is NC(CCCCNCC=NOCc1ccccc1)C(=O)OCc1ccccc1. The Morgan fingerprint density at radius 1 is 1.00 bits per heavy atom. The van der Waals surface area contributed by atoms with Crippen LogP contribution in [-0.2, 0) is 27.6 Å². The molecule has 2 aromatic carbocycles. The van der Waals surface area contributed by atoms with E-state index in [4.69, 9.17) is 15.3 Å². The molecule has 0 heterocycles. The minimum atomic E-state index is -0.573. The van der Waals surface area contributed by atoms with Gasteiger partial charge in [0.1, 0.15) is 19.3 Å². The molecule has 0 aliphatic rings. The number of benzene rings is 2. The van der Waals surface area contributed by atoms with Crippen LogP contribution in [0.2, 0.25) is 0 Å². The number of carbonyl (C=O) groups excluding carboxylic acids is 1. The lowest BCUT2D eigenvalue weighted by Crippen LogP contribution is -2.32. The summed E-state index contributed by atoms with van der Waals surface area (Å²) in [4.78, 5) is 17.1. The molecule has 0 amide bonds. The summed E-state index contributed by atoms with van der Waals surface area (Å²) in [5.74, 6) is -0.348. The molecule has 0 aliphatic heterocycles. The second kappa shape index (κ2) is 13.5. The molecule has 2 aromatic rings. The predicted molar refractivity (Wildman–Crippen MR) is 111 cm³/mol. The Balaban J connectivity index is 1.44. The third-order valence-corrected chi connectivity index (χ3v) is 4.10. The molecule has 1 unspecified atom stereocenters. The molecule has 0 radical (unpaired) electrons. The number of ether oxygens (including phenoxy) is 1. The standard InChI is InChI=1S/C22H29N3O3/c23-21(22(26)27-17-19-9-3-1-4-10-19)13-7-8-14-24-15-16-25-28-18-20-11-5-2-6-12-20/h1-6,9-12,16,21,24H,7-8,13-15,17-18,23H2. The number of hydrogen-bond donors (Lipinski definition) is 2. The van der Waals surface area contributed by atoms with Gasteiger partial charge in [-0.25, -0.2) is 0 Å². The Labute approximate surface area is 166 Å². The van der Waals surface area contributed by atoms with Crippen molar-refractivity contribution in [1.82, 2.24) is 5.32 Å². The summed E-state index contributed by atoms with van der Waals surface area (Å²) in [5, 5.41) is 7.16. The number of nitrogens with zero attached hydrogens (tertiary/aromatic N) is 1. The molecule has 6 heteroatoms. The first-order chi connectivity index (χ1) is 13.8. The minimum absolute atomic E-state index is 0.264. The molecule has 0 saturated heterocycles. The highest BCUT2D eigenvalue weighted by Gasteiger charge is 2.14. The highest BCUT2D eigenvalue weighted by atomic mass is 16.6. The minimum Gasteiger partial charge on any atom is -0.460 e. The zero-order chi connectivity index (χ0) is 19.9. The lowest BCUT2D eigenvalue weighted by atomic mass is 10.1. The highest BCUT2D eigenvalue weighted by Crippen LogP contribution is 2.05. The molecule has 1 atom stereocenters. The van der Waals surface area contributed by atoms with E-state index in [0.29, 0.717) is 19.6 Å². The van der Waals surface area contributed by atoms with Crippen molar-refractivity contribution in [3.05, 3.63) is 71.8 Å². The van der Waals surface area contributed by atoms with Crippen LogP contribution in [0.25, 0.3) is 0 Å². The van der Waals surface area contributed by atoms with E-state index in [9.17, 15) is 4.79 Å². The van der Waals surface area contributed by atoms with Gasteiger partial charge in [-0.2, -0.15) is 0 Å². The maximum Gasteiger partial charge on any atom is 0.323 e. The number of nitrogens with two attached hydrogens (primary N) is 1. The van der Waals surface area contributed by atoms with Gasteiger partial charge in [0.25, 0.3) is 0 Å². The average molecular weight is 383 g/mol. The number of esters is 1. The van der Waals surface area contributed by atoms with Gasteiger partial charge in [0.05, 0.1) is 6.21 Å². The van der Waals surface area contributed by atoms with Crippen LogP contribution in [0, 0.1) is 0 Å². The molecule has 150 valence electrons. The van der Waals surface area contributed by atoms with Crippen molar-refractivity contribution < 1.29 is 14.4 Å². The van der Waals surface area contributed by atoms with Gasteiger partial charge in [-0.05, 0) is 30.5 Å². The van der Waals surface area contributed by atoms with Crippen LogP contribution in [-0.4, -0.2) is 31.3 Å². The van der Waals surface area contributed by atoms with Gasteiger partial charge in [0.15, 0.2) is 0 Å². The summed E-state index contributed by atoms with van der Waals surface area (Å²) in [6.07, 6.45) is 4.10. The summed E-state index contributed by atoms with van der Waals surface area (Å²) in [5.41, 5.74) is 7.94. The van der Waals surface area contributed by atoms with Crippen LogP contribution in [0.4, 0.5) is 0 Å². The van der Waals surface area contributed by atoms with Gasteiger partial charge < -0.3 is 20.6 Å². The Morgan fingerprint density at radius 3 is 2.32 bits per heavy atom. The summed E-state index contributed by atoms with van der Waals surface area (Å²) >= 11 is 0. The largest absolute Gasteiger partial charge is 0.460 e. The molecule has 6 nitrogen and oxygen atoms in total. The maximum absolute atomic E-state index is 11.9. The fourth-order valence-electron chi connectivity index (χ4n) is 2.51. The predicted octanol–water partition coefficient (Wildman–Crippen LogP) is 3.02. The van der Waals surface area contributed by atoms with E-state index >= 15 is 0 Å². The topological polar surface area (TPSA) is 85.9 Å². The first-order valence-electron chi connectivity index (χ1n) is 9.60. The number of rotatable bonds is 13. The molecule has 0 bridgehead atoms. The van der Waals surface area contributed by atoms with Crippen molar-refractivity contribution in [2.45, 2.75) is 38.5 Å². The van der Waals surface area contributed by atoms with Gasteiger partial charge in [0, 0.05) is 6.54 Å². The molecule has 0 fully saturated rings. The summed E-state index contributed by atoms with van der Waals surface area (Å²) in [6, 6.07) is 18.9. The van der Waals surface area contributed by atoms with Gasteiger partial charge in [-0.3, -0.25) is 4.79 Å². The van der Waals surface area contributed by atoms with E-state index in [2.05, 4.69) is 10.5 Å². The summed E-state index contributed by atoms with van der Waals surface area (Å²) in [6.45, 7) is 2.20. The van der Waals surface area contributed by atoms with Crippen LogP contribution < -0.4 is 11.1 Å². The Hall–Kier alpha value is -2.70. The van der Waals surface area contributed by atoms with Gasteiger partial charge >= 0.3 is 5.97 Å². The van der Waals surface area contributed by atoms with E-state index in [-0.39, 0.29) is 12.6 Å². The second-order valence-corrected chi connectivity index (χ2v) is 6.45. The molecule has 28 heavy (non-hydrogen) atoms. The lowest BCUT2D eigenvalue weighted by Gasteiger charge is -2.11. The zero-order valence-corrected chi connectivity index (χ0v) is 16.1. The highest BCUT2D eigenvalue weighted by molar-refractivity contribution is 5.75. The Morgan fingerprint density at radius 2 is 1.64 bits per heavy atom. The monoisotopic (exact) mass is 383 g/mol. The third kappa shape index (κ3) is 9.30. The Bertz CT molecular complexity index is 693. The lowest BCUT2D eigenvalue weighted by molar-refractivity contribution is -0.146. The number of carbonyl (C=O) groups is 1. The van der Waals surface area contributed by atoms with E-state index in [1.807, 2.05) is 60.7 Å². The van der Waals surface area contributed by atoms with Gasteiger partial charge in [-0.15, -0.1) is 0 Å². The van der Waals surface area contributed by atoms with Crippen molar-refractivity contribution in [3.8, 4) is 0 Å². The van der Waals surface area contributed by atoms with Crippen molar-refractivity contribution in [3.63, 3.8) is 0 Å². The smallest absolute Gasteiger partial charge is 0.323 e. The number of hydrogen-bond acceptors (Lipinski definition) is 6. The molecular formula is C22H29N3O3. The van der Waals surface area contributed by atoms with Crippen LogP contribution in [0.1, 0.15) is 30.4 Å². The van der Waals surface area contributed by atoms with Crippen molar-refractivity contribution in [2.24, 2.45) is 10.9 Å². The molecule has 3 N–H and O–H groups in total. The van der Waals surface area contributed by atoms with E-state index in [1.54, 1.807) is 6.21 Å². The van der Waals surface area contributed by atoms with E-state index in [1.165, 1.54) is 0 Å². The van der Waals surface area contributed by atoms with Crippen LogP contribution >= 0.6 is 0 Å². The van der Waals surface area contributed by atoms with Crippen LogP contribution in [0.3, 0.4) is 0 Å². The van der Waals surface area contributed by atoms with Gasteiger partial charge in [0.2, 0.25) is 0 Å². The van der Waals surface area contributed by atoms with Crippen molar-refractivity contribution in [1.29, 1.82) is 0 Å². The molecule has 0 spiro atoms. The maximum atomic E-state index is 11.9. The van der Waals surface area contributed by atoms with Crippen LogP contribution in [0.5, 0.6) is 0 Å². The third-order valence-electron chi connectivity index (χ3n) is 4.10.